The van der Waals surface area contributed by atoms with Gasteiger partial charge in [0.15, 0.2) is 0 Å². The Morgan fingerprint density at radius 1 is 1.23 bits per heavy atom. The minimum absolute atomic E-state index is 0. The molecule has 4 heterocycles. The maximum Gasteiger partial charge on any atom is 0.247 e. The monoisotopic (exact) mass is 497 g/mol. The van der Waals surface area contributed by atoms with Gasteiger partial charge in [-0.1, -0.05) is 13.8 Å². The molecule has 0 aromatic carbocycles. The fraction of sp³-hybridized carbons (Fsp3) is 0.440. The maximum atomic E-state index is 14.3. The highest BCUT2D eigenvalue weighted by molar-refractivity contribution is 7.59. The van der Waals surface area contributed by atoms with Crippen molar-refractivity contribution < 1.29 is 9.18 Å². The zero-order valence-electron chi connectivity index (χ0n) is 20.5. The van der Waals surface area contributed by atoms with Crippen LogP contribution in [0.4, 0.5) is 21.6 Å². The Bertz CT molecular complexity index is 1240. The van der Waals surface area contributed by atoms with Crippen molar-refractivity contribution >= 4 is 36.6 Å². The molecule has 0 unspecified atom stereocenters. The quantitative estimate of drug-likeness (QED) is 0.509. The van der Waals surface area contributed by atoms with Crippen molar-refractivity contribution in [2.24, 2.45) is 5.92 Å². The molecule has 2 aliphatic rings. The molecule has 0 radical (unpaired) electrons. The number of halogens is 1. The van der Waals surface area contributed by atoms with Gasteiger partial charge in [-0.25, -0.2) is 9.37 Å². The van der Waals surface area contributed by atoms with Crippen LogP contribution in [0.3, 0.4) is 0 Å². The number of hydrogen-bond donors (Lipinski definition) is 2. The van der Waals surface area contributed by atoms with Crippen LogP contribution in [0.2, 0.25) is 0 Å². The summed E-state index contributed by atoms with van der Waals surface area (Å²) in [5, 5.41) is 10.8. The molecule has 1 amide bonds. The number of carbonyl (C=O) groups excluding carboxylic acids is 1. The van der Waals surface area contributed by atoms with Gasteiger partial charge in [-0.3, -0.25) is 14.5 Å². The minimum atomic E-state index is -0.224. The van der Waals surface area contributed by atoms with E-state index >= 15 is 0 Å². The first-order chi connectivity index (χ1) is 16.3. The zero-order valence-corrected chi connectivity index (χ0v) is 21.5. The number of anilines is 3. The number of pyridine rings is 2. The molecule has 0 bridgehead atoms. The van der Waals surface area contributed by atoms with Crippen LogP contribution in [0.1, 0.15) is 55.1 Å². The molecule has 1 atom stereocenters. The Morgan fingerprint density at radius 3 is 2.69 bits per heavy atom. The molecule has 3 aromatic heterocycles. The van der Waals surface area contributed by atoms with Crippen LogP contribution in [0.25, 0.3) is 0 Å². The maximum absolute atomic E-state index is 14.3. The van der Waals surface area contributed by atoms with Gasteiger partial charge in [0, 0.05) is 43.5 Å². The van der Waals surface area contributed by atoms with Gasteiger partial charge < -0.3 is 15.5 Å². The Labute approximate surface area is 211 Å². The molecule has 8 nitrogen and oxygen atoms in total. The number of nitrogens with one attached hydrogen (secondary N) is 2. The first-order valence-electron chi connectivity index (χ1n) is 11.7. The summed E-state index contributed by atoms with van der Waals surface area (Å²) in [7, 11) is 1.95. The van der Waals surface area contributed by atoms with E-state index in [1.54, 1.807) is 23.1 Å². The van der Waals surface area contributed by atoms with Gasteiger partial charge in [0.05, 0.1) is 35.5 Å². The third kappa shape index (κ3) is 5.12. The highest BCUT2D eigenvalue weighted by atomic mass is 32.1. The molecule has 1 fully saturated rings. The summed E-state index contributed by atoms with van der Waals surface area (Å²) in [4.78, 5) is 23.5. The van der Waals surface area contributed by atoms with Crippen LogP contribution in [0.15, 0.2) is 30.7 Å². The number of rotatable bonds is 7. The van der Waals surface area contributed by atoms with Crippen molar-refractivity contribution in [2.75, 3.05) is 22.6 Å². The molecule has 0 saturated heterocycles. The second kappa shape index (κ2) is 9.85. The predicted molar refractivity (Wildman–Crippen MR) is 140 cm³/mol. The highest BCUT2D eigenvalue weighted by Crippen LogP contribution is 2.40. The summed E-state index contributed by atoms with van der Waals surface area (Å²) in [5.74, 6) is 0.993. The number of aryl methyl sites for hydroxylation is 1. The van der Waals surface area contributed by atoms with Gasteiger partial charge >= 0.3 is 0 Å². The summed E-state index contributed by atoms with van der Waals surface area (Å²) in [6.07, 6.45) is 7.53. The van der Waals surface area contributed by atoms with Crippen LogP contribution < -0.4 is 15.5 Å². The van der Waals surface area contributed by atoms with E-state index in [1.807, 2.05) is 45.0 Å². The Morgan fingerprint density at radius 2 is 2.00 bits per heavy atom. The van der Waals surface area contributed by atoms with E-state index in [-0.39, 0.29) is 37.2 Å². The van der Waals surface area contributed by atoms with E-state index in [9.17, 15) is 9.18 Å². The number of likely N-dealkylation sites (N-methyl/N-ethyl adjacent to an activating group) is 1. The summed E-state index contributed by atoms with van der Waals surface area (Å²) < 4.78 is 16.1. The van der Waals surface area contributed by atoms with Gasteiger partial charge in [-0.15, -0.1) is 0 Å². The summed E-state index contributed by atoms with van der Waals surface area (Å²) >= 11 is 0. The van der Waals surface area contributed by atoms with Crippen LogP contribution in [0, 0.1) is 18.7 Å². The normalized spacial score (nSPS) is 17.1. The third-order valence-electron chi connectivity index (χ3n) is 6.52. The number of aromatic nitrogens is 4. The average molecular weight is 498 g/mol. The fourth-order valence-electron chi connectivity index (χ4n) is 4.65. The van der Waals surface area contributed by atoms with E-state index < -0.39 is 0 Å². The van der Waals surface area contributed by atoms with E-state index in [2.05, 4.69) is 25.7 Å². The third-order valence-corrected chi connectivity index (χ3v) is 6.52. The summed E-state index contributed by atoms with van der Waals surface area (Å²) in [6.45, 7) is 6.99. The van der Waals surface area contributed by atoms with Crippen molar-refractivity contribution in [3.8, 4) is 0 Å². The second-order valence-corrected chi connectivity index (χ2v) is 9.66. The molecule has 186 valence electrons. The Balaban J connectivity index is 0.00000289. The van der Waals surface area contributed by atoms with Gasteiger partial charge in [-0.05, 0) is 37.3 Å². The molecule has 1 saturated carbocycles. The first kappa shape index (κ1) is 25.0. The van der Waals surface area contributed by atoms with Crippen molar-refractivity contribution in [3.63, 3.8) is 0 Å². The van der Waals surface area contributed by atoms with Crippen molar-refractivity contribution in [2.45, 2.75) is 58.7 Å². The van der Waals surface area contributed by atoms with Gasteiger partial charge in [-0.2, -0.15) is 18.6 Å². The summed E-state index contributed by atoms with van der Waals surface area (Å²) in [5.41, 5.74) is 4.85. The molecule has 0 spiro atoms. The molecule has 2 N–H and O–H groups in total. The number of amides is 1. The van der Waals surface area contributed by atoms with E-state index in [4.69, 9.17) is 0 Å². The van der Waals surface area contributed by atoms with Crippen LogP contribution >= 0.6 is 13.5 Å². The average Bonchev–Trinajstić information content (AvgIpc) is 3.52. The van der Waals surface area contributed by atoms with Gasteiger partial charge in [0.25, 0.3) is 0 Å². The van der Waals surface area contributed by atoms with Crippen molar-refractivity contribution in [3.05, 3.63) is 59.1 Å². The largest absolute Gasteiger partial charge is 0.366 e. The van der Waals surface area contributed by atoms with Crippen LogP contribution in [-0.2, 0) is 17.9 Å². The number of nitrogens with zero attached hydrogens (tertiary/aromatic N) is 5. The first-order valence-corrected chi connectivity index (χ1v) is 11.7. The standard InChI is InChI=1S/C25H30FN7O.H2S/c1-14(2)24-25(34)31-22-15(3)30-21(8-20(22)32(24)4)27-10-17-11-29-33(13-17)12-16-7-19(26)23(28-9-16)18-5-6-18;/h7-9,11,13-14,18,24H,5-6,10,12H2,1-4H3,(H,27,30)(H,31,34);1H2/t24-;/m0./s1. The molecular weight excluding hydrogens is 465 g/mol. The lowest BCUT2D eigenvalue weighted by atomic mass is 9.98. The lowest BCUT2D eigenvalue weighted by molar-refractivity contribution is -0.118. The van der Waals surface area contributed by atoms with Gasteiger partial charge in [0.1, 0.15) is 17.7 Å². The molecular formula is C25H32FN7OS. The van der Waals surface area contributed by atoms with Crippen molar-refractivity contribution in [1.29, 1.82) is 0 Å². The SMILES string of the molecule is Cc1nc(NCc2cnn(Cc3cnc(C4CC4)c(F)c3)c2)cc2c1NC(=O)[C@H](C(C)C)N2C.S. The number of carbonyl (C=O) groups is 1. The molecule has 10 heteroatoms. The lowest BCUT2D eigenvalue weighted by Crippen LogP contribution is -2.49. The number of fused-ring (bicyclic) bond motifs is 1. The van der Waals surface area contributed by atoms with Crippen LogP contribution in [0.5, 0.6) is 0 Å². The van der Waals surface area contributed by atoms with Gasteiger partial charge in [0.2, 0.25) is 5.91 Å². The van der Waals surface area contributed by atoms with E-state index in [0.29, 0.717) is 24.7 Å². The van der Waals surface area contributed by atoms with Crippen LogP contribution in [-0.4, -0.2) is 38.7 Å². The van der Waals surface area contributed by atoms with E-state index in [0.717, 1.165) is 46.9 Å². The second-order valence-electron chi connectivity index (χ2n) is 9.66. The Kier molecular flexibility index (Phi) is 7.02. The van der Waals surface area contributed by atoms with Crippen molar-refractivity contribution in [1.82, 2.24) is 19.7 Å². The zero-order chi connectivity index (χ0) is 24.0. The fourth-order valence-corrected chi connectivity index (χ4v) is 4.65. The molecule has 35 heavy (non-hydrogen) atoms. The number of hydrogen-bond acceptors (Lipinski definition) is 6. The molecule has 3 aromatic rings. The Hall–Kier alpha value is -3.14. The topological polar surface area (TPSA) is 88.0 Å². The molecule has 1 aliphatic heterocycles. The minimum Gasteiger partial charge on any atom is -0.366 e. The van der Waals surface area contributed by atoms with E-state index in [1.165, 1.54) is 0 Å². The smallest absolute Gasteiger partial charge is 0.247 e. The highest BCUT2D eigenvalue weighted by Gasteiger charge is 2.34. The lowest BCUT2D eigenvalue weighted by Gasteiger charge is -2.38. The molecule has 5 rings (SSSR count). The summed E-state index contributed by atoms with van der Waals surface area (Å²) in [6, 6.07) is 3.31. The predicted octanol–water partition coefficient (Wildman–Crippen LogP) is 4.18. The molecule has 1 aliphatic carbocycles.